The molecular weight excluding hydrogens is 258 g/mol. The summed E-state index contributed by atoms with van der Waals surface area (Å²) >= 11 is 0. The number of ether oxygens (including phenoxy) is 1. The molecule has 0 aliphatic carbocycles. The van der Waals surface area contributed by atoms with E-state index >= 15 is 0 Å². The molecule has 2 heteroatoms. The Hall–Kier alpha value is -1.02. The van der Waals surface area contributed by atoms with Crippen LogP contribution in [0.25, 0.3) is 0 Å². The number of aryl methyl sites for hydroxylation is 2. The number of nitrogens with one attached hydrogen (secondary N) is 1. The predicted octanol–water partition coefficient (Wildman–Crippen LogP) is 4.74. The van der Waals surface area contributed by atoms with E-state index in [1.807, 2.05) is 6.92 Å². The van der Waals surface area contributed by atoms with Crippen LogP contribution in [-0.2, 0) is 6.42 Å². The summed E-state index contributed by atoms with van der Waals surface area (Å²) < 4.78 is 5.71. The van der Waals surface area contributed by atoms with Crippen LogP contribution in [0, 0.1) is 12.8 Å². The van der Waals surface area contributed by atoms with E-state index in [9.17, 15) is 0 Å². The van der Waals surface area contributed by atoms with E-state index in [1.165, 1.54) is 36.8 Å². The molecule has 21 heavy (non-hydrogen) atoms. The van der Waals surface area contributed by atoms with Crippen LogP contribution in [0.3, 0.4) is 0 Å². The molecule has 0 radical (unpaired) electrons. The molecule has 0 saturated heterocycles. The lowest BCUT2D eigenvalue weighted by molar-refractivity contribution is 0.336. The van der Waals surface area contributed by atoms with Crippen LogP contribution in [0.5, 0.6) is 5.75 Å². The summed E-state index contributed by atoms with van der Waals surface area (Å²) in [6, 6.07) is 6.52. The van der Waals surface area contributed by atoms with Gasteiger partial charge in [0, 0.05) is 0 Å². The van der Waals surface area contributed by atoms with Gasteiger partial charge in [0.15, 0.2) is 0 Å². The van der Waals surface area contributed by atoms with Gasteiger partial charge < -0.3 is 10.1 Å². The normalized spacial score (nSPS) is 11.1. The molecule has 1 aromatic rings. The van der Waals surface area contributed by atoms with Crippen LogP contribution in [-0.4, -0.2) is 19.7 Å². The van der Waals surface area contributed by atoms with Gasteiger partial charge in [-0.1, -0.05) is 44.4 Å². The third kappa shape index (κ3) is 8.11. The van der Waals surface area contributed by atoms with Crippen molar-refractivity contribution in [2.75, 3.05) is 19.7 Å². The molecular formula is C19H33NO. The molecule has 0 aliphatic rings. The maximum Gasteiger partial charge on any atom is 0.122 e. The topological polar surface area (TPSA) is 21.3 Å². The Morgan fingerprint density at radius 3 is 2.57 bits per heavy atom. The molecule has 0 bridgehead atoms. The predicted molar refractivity (Wildman–Crippen MR) is 92.2 cm³/mol. The van der Waals surface area contributed by atoms with E-state index in [-0.39, 0.29) is 0 Å². The second kappa shape index (κ2) is 10.7. The number of hydrogen-bond acceptors (Lipinski definition) is 2. The van der Waals surface area contributed by atoms with Crippen LogP contribution in [0.15, 0.2) is 18.2 Å². The molecule has 0 aliphatic heterocycles. The lowest BCUT2D eigenvalue weighted by atomic mass is 10.0. The van der Waals surface area contributed by atoms with Gasteiger partial charge in [0.2, 0.25) is 0 Å². The van der Waals surface area contributed by atoms with E-state index in [0.717, 1.165) is 37.8 Å². The average Bonchev–Trinajstić information content (AvgIpc) is 2.44. The Morgan fingerprint density at radius 2 is 1.86 bits per heavy atom. The van der Waals surface area contributed by atoms with Crippen molar-refractivity contribution in [3.63, 3.8) is 0 Å². The van der Waals surface area contributed by atoms with Crippen molar-refractivity contribution >= 4 is 0 Å². The summed E-state index contributed by atoms with van der Waals surface area (Å²) in [6.45, 7) is 11.8. The minimum Gasteiger partial charge on any atom is -0.494 e. The van der Waals surface area contributed by atoms with E-state index in [4.69, 9.17) is 4.74 Å². The van der Waals surface area contributed by atoms with E-state index in [0.29, 0.717) is 0 Å². The Morgan fingerprint density at radius 1 is 1.10 bits per heavy atom. The van der Waals surface area contributed by atoms with Gasteiger partial charge in [0.25, 0.3) is 0 Å². The van der Waals surface area contributed by atoms with Gasteiger partial charge >= 0.3 is 0 Å². The Balaban J connectivity index is 2.19. The molecule has 0 heterocycles. The van der Waals surface area contributed by atoms with Crippen LogP contribution < -0.4 is 10.1 Å². The second-order valence-corrected chi connectivity index (χ2v) is 6.31. The summed E-state index contributed by atoms with van der Waals surface area (Å²) in [5.41, 5.74) is 2.70. The van der Waals surface area contributed by atoms with Gasteiger partial charge in [-0.15, -0.1) is 0 Å². The Bertz CT molecular complexity index is 387. The molecule has 0 saturated carbocycles. The highest BCUT2D eigenvalue weighted by Crippen LogP contribution is 2.22. The summed E-state index contributed by atoms with van der Waals surface area (Å²) in [5, 5.41) is 3.51. The molecule has 0 atom stereocenters. The lowest BCUT2D eigenvalue weighted by Crippen LogP contribution is -2.20. The first kappa shape index (κ1) is 18.0. The summed E-state index contributed by atoms with van der Waals surface area (Å²) in [5.74, 6) is 1.82. The summed E-state index contributed by atoms with van der Waals surface area (Å²) in [4.78, 5) is 0. The van der Waals surface area contributed by atoms with Gasteiger partial charge in [-0.3, -0.25) is 0 Å². The van der Waals surface area contributed by atoms with Crippen molar-refractivity contribution in [2.45, 2.75) is 59.8 Å². The van der Waals surface area contributed by atoms with Crippen molar-refractivity contribution in [3.05, 3.63) is 29.3 Å². The standard InChI is InChI=1S/C19H33NO/c1-5-21-19-12-11-17(4)14-18(19)10-8-6-7-9-13-20-15-16(2)3/h11-12,14,16,20H,5-10,13,15H2,1-4H3. The van der Waals surface area contributed by atoms with Crippen molar-refractivity contribution in [1.82, 2.24) is 5.32 Å². The molecule has 0 unspecified atom stereocenters. The fourth-order valence-electron chi connectivity index (χ4n) is 2.51. The zero-order chi connectivity index (χ0) is 15.5. The van der Waals surface area contributed by atoms with Gasteiger partial charge in [-0.05, 0) is 63.7 Å². The molecule has 2 nitrogen and oxygen atoms in total. The van der Waals surface area contributed by atoms with E-state index in [2.05, 4.69) is 44.3 Å². The van der Waals surface area contributed by atoms with E-state index in [1.54, 1.807) is 0 Å². The average molecular weight is 291 g/mol. The molecule has 1 N–H and O–H groups in total. The molecule has 0 amide bonds. The van der Waals surface area contributed by atoms with Gasteiger partial charge in [0.1, 0.15) is 5.75 Å². The highest BCUT2D eigenvalue weighted by atomic mass is 16.5. The first-order chi connectivity index (χ1) is 10.1. The number of benzene rings is 1. The minimum absolute atomic E-state index is 0.748. The van der Waals surface area contributed by atoms with Crippen LogP contribution >= 0.6 is 0 Å². The zero-order valence-electron chi connectivity index (χ0n) is 14.4. The third-order valence-electron chi connectivity index (χ3n) is 3.62. The molecule has 0 fully saturated rings. The maximum absolute atomic E-state index is 5.71. The second-order valence-electron chi connectivity index (χ2n) is 6.31. The van der Waals surface area contributed by atoms with Gasteiger partial charge in [-0.25, -0.2) is 0 Å². The lowest BCUT2D eigenvalue weighted by Gasteiger charge is -2.11. The number of unbranched alkanes of at least 4 members (excludes halogenated alkanes) is 3. The summed E-state index contributed by atoms with van der Waals surface area (Å²) in [7, 11) is 0. The highest BCUT2D eigenvalue weighted by Gasteiger charge is 2.03. The smallest absolute Gasteiger partial charge is 0.122 e. The quantitative estimate of drug-likeness (QED) is 0.594. The minimum atomic E-state index is 0.748. The largest absolute Gasteiger partial charge is 0.494 e. The zero-order valence-corrected chi connectivity index (χ0v) is 14.4. The number of hydrogen-bond donors (Lipinski definition) is 1. The maximum atomic E-state index is 5.71. The third-order valence-corrected chi connectivity index (χ3v) is 3.62. The molecule has 0 aromatic heterocycles. The van der Waals surface area contributed by atoms with Crippen LogP contribution in [0.4, 0.5) is 0 Å². The molecule has 120 valence electrons. The first-order valence-electron chi connectivity index (χ1n) is 8.56. The van der Waals surface area contributed by atoms with Crippen LogP contribution in [0.1, 0.15) is 57.6 Å². The first-order valence-corrected chi connectivity index (χ1v) is 8.56. The number of rotatable bonds is 11. The molecule has 1 aromatic carbocycles. The van der Waals surface area contributed by atoms with Crippen molar-refractivity contribution in [3.8, 4) is 5.75 Å². The molecule has 0 spiro atoms. The van der Waals surface area contributed by atoms with Crippen molar-refractivity contribution < 1.29 is 4.74 Å². The Labute approximate surface area is 131 Å². The highest BCUT2D eigenvalue weighted by molar-refractivity contribution is 5.37. The molecule has 1 rings (SSSR count). The van der Waals surface area contributed by atoms with E-state index < -0.39 is 0 Å². The van der Waals surface area contributed by atoms with Crippen molar-refractivity contribution in [1.29, 1.82) is 0 Å². The van der Waals surface area contributed by atoms with Gasteiger partial charge in [-0.2, -0.15) is 0 Å². The SMILES string of the molecule is CCOc1ccc(C)cc1CCCCCCNCC(C)C. The summed E-state index contributed by atoms with van der Waals surface area (Å²) in [6.07, 6.45) is 6.31. The fraction of sp³-hybridized carbons (Fsp3) is 0.684. The van der Waals surface area contributed by atoms with Crippen LogP contribution in [0.2, 0.25) is 0 Å². The Kier molecular flexibility index (Phi) is 9.16. The van der Waals surface area contributed by atoms with Crippen molar-refractivity contribution in [2.24, 2.45) is 5.92 Å². The monoisotopic (exact) mass is 291 g/mol. The fourth-order valence-corrected chi connectivity index (χ4v) is 2.51. The van der Waals surface area contributed by atoms with Gasteiger partial charge in [0.05, 0.1) is 6.61 Å².